The SMILES string of the molecule is Cc1cccnc1CNC(=O)NCCCCCC(=O)O. The van der Waals surface area contributed by atoms with E-state index in [1.54, 1.807) is 6.20 Å². The molecule has 0 saturated carbocycles. The predicted molar refractivity (Wildman–Crippen MR) is 75.3 cm³/mol. The fourth-order valence-corrected chi connectivity index (χ4v) is 1.71. The molecule has 0 aliphatic carbocycles. The van der Waals surface area contributed by atoms with E-state index in [4.69, 9.17) is 5.11 Å². The van der Waals surface area contributed by atoms with E-state index in [9.17, 15) is 9.59 Å². The van der Waals surface area contributed by atoms with E-state index in [1.165, 1.54) is 0 Å². The van der Waals surface area contributed by atoms with E-state index in [1.807, 2.05) is 19.1 Å². The van der Waals surface area contributed by atoms with Crippen molar-refractivity contribution in [2.24, 2.45) is 0 Å². The van der Waals surface area contributed by atoms with Crippen molar-refractivity contribution in [2.75, 3.05) is 6.54 Å². The Hall–Kier alpha value is -2.11. The minimum Gasteiger partial charge on any atom is -0.481 e. The highest BCUT2D eigenvalue weighted by Gasteiger charge is 2.03. The van der Waals surface area contributed by atoms with Gasteiger partial charge in [0.1, 0.15) is 0 Å². The van der Waals surface area contributed by atoms with Crippen molar-refractivity contribution in [3.8, 4) is 0 Å². The predicted octanol–water partition coefficient (Wildman–Crippen LogP) is 1.83. The first kappa shape index (κ1) is 15.9. The number of rotatable bonds is 8. The molecule has 20 heavy (non-hydrogen) atoms. The fourth-order valence-electron chi connectivity index (χ4n) is 1.71. The zero-order valence-corrected chi connectivity index (χ0v) is 11.7. The van der Waals surface area contributed by atoms with Gasteiger partial charge in [0.2, 0.25) is 0 Å². The van der Waals surface area contributed by atoms with E-state index >= 15 is 0 Å². The van der Waals surface area contributed by atoms with Gasteiger partial charge in [0, 0.05) is 19.2 Å². The number of pyridine rings is 1. The van der Waals surface area contributed by atoms with Gasteiger partial charge in [0.25, 0.3) is 0 Å². The number of amides is 2. The Labute approximate surface area is 118 Å². The first-order valence-corrected chi connectivity index (χ1v) is 6.73. The van der Waals surface area contributed by atoms with Crippen LogP contribution in [-0.4, -0.2) is 28.6 Å². The zero-order chi connectivity index (χ0) is 14.8. The first-order valence-electron chi connectivity index (χ1n) is 6.73. The third-order valence-corrected chi connectivity index (χ3v) is 2.89. The summed E-state index contributed by atoms with van der Waals surface area (Å²) in [6, 6.07) is 3.58. The first-order chi connectivity index (χ1) is 9.59. The Bertz CT molecular complexity index is 449. The molecule has 1 rings (SSSR count). The number of hydrogen-bond donors (Lipinski definition) is 3. The maximum absolute atomic E-state index is 11.5. The summed E-state index contributed by atoms with van der Waals surface area (Å²) in [5.41, 5.74) is 1.89. The molecule has 2 amide bonds. The monoisotopic (exact) mass is 279 g/mol. The molecule has 1 aromatic heterocycles. The van der Waals surface area contributed by atoms with E-state index in [2.05, 4.69) is 15.6 Å². The molecule has 0 saturated heterocycles. The zero-order valence-electron chi connectivity index (χ0n) is 11.7. The number of urea groups is 1. The van der Waals surface area contributed by atoms with Crippen molar-refractivity contribution < 1.29 is 14.7 Å². The van der Waals surface area contributed by atoms with Crippen LogP contribution in [0.1, 0.15) is 36.9 Å². The molecule has 6 nitrogen and oxygen atoms in total. The number of nitrogens with one attached hydrogen (secondary N) is 2. The van der Waals surface area contributed by atoms with Gasteiger partial charge in [-0.3, -0.25) is 9.78 Å². The largest absolute Gasteiger partial charge is 0.481 e. The molecular formula is C14H21N3O3. The topological polar surface area (TPSA) is 91.3 Å². The second-order valence-corrected chi connectivity index (χ2v) is 4.58. The number of carbonyl (C=O) groups excluding carboxylic acids is 1. The van der Waals surface area contributed by atoms with Crippen molar-refractivity contribution in [3.05, 3.63) is 29.6 Å². The smallest absolute Gasteiger partial charge is 0.315 e. The Morgan fingerprint density at radius 3 is 2.75 bits per heavy atom. The van der Waals surface area contributed by atoms with Gasteiger partial charge in [-0.2, -0.15) is 0 Å². The van der Waals surface area contributed by atoms with Crippen LogP contribution < -0.4 is 10.6 Å². The van der Waals surface area contributed by atoms with Crippen LogP contribution in [0.25, 0.3) is 0 Å². The third kappa shape index (κ3) is 6.72. The minimum absolute atomic E-state index is 0.186. The molecule has 6 heteroatoms. The number of carboxylic acids is 1. The van der Waals surface area contributed by atoms with Crippen LogP contribution in [0.3, 0.4) is 0 Å². The summed E-state index contributed by atoms with van der Waals surface area (Å²) in [5, 5.41) is 14.0. The number of aryl methyl sites for hydroxylation is 1. The van der Waals surface area contributed by atoms with Crippen LogP contribution >= 0.6 is 0 Å². The lowest BCUT2D eigenvalue weighted by Gasteiger charge is -2.08. The molecule has 3 N–H and O–H groups in total. The van der Waals surface area contributed by atoms with Gasteiger partial charge in [-0.1, -0.05) is 12.5 Å². The molecule has 0 spiro atoms. The Morgan fingerprint density at radius 2 is 2.05 bits per heavy atom. The number of hydrogen-bond acceptors (Lipinski definition) is 3. The van der Waals surface area contributed by atoms with Gasteiger partial charge in [-0.15, -0.1) is 0 Å². The highest BCUT2D eigenvalue weighted by atomic mass is 16.4. The van der Waals surface area contributed by atoms with E-state index in [0.717, 1.165) is 24.1 Å². The lowest BCUT2D eigenvalue weighted by molar-refractivity contribution is -0.137. The average Bonchev–Trinajstić information content (AvgIpc) is 2.41. The molecule has 110 valence electrons. The minimum atomic E-state index is -0.776. The van der Waals surface area contributed by atoms with Crippen molar-refractivity contribution >= 4 is 12.0 Å². The van der Waals surface area contributed by atoms with Gasteiger partial charge >= 0.3 is 12.0 Å². The summed E-state index contributed by atoms with van der Waals surface area (Å²) in [6.45, 7) is 2.90. The van der Waals surface area contributed by atoms with Gasteiger partial charge in [0.15, 0.2) is 0 Å². The quantitative estimate of drug-likeness (QED) is 0.633. The molecule has 0 aliphatic rings. The number of aliphatic carboxylic acids is 1. The summed E-state index contributed by atoms with van der Waals surface area (Å²) in [5.74, 6) is -0.776. The van der Waals surface area contributed by atoms with Crippen molar-refractivity contribution in [3.63, 3.8) is 0 Å². The number of nitrogens with zero attached hydrogens (tertiary/aromatic N) is 1. The van der Waals surface area contributed by atoms with E-state index in [0.29, 0.717) is 19.5 Å². The van der Waals surface area contributed by atoms with Crippen LogP contribution in [-0.2, 0) is 11.3 Å². The Morgan fingerprint density at radius 1 is 1.25 bits per heavy atom. The van der Waals surface area contributed by atoms with E-state index in [-0.39, 0.29) is 12.5 Å². The van der Waals surface area contributed by atoms with Gasteiger partial charge in [-0.05, 0) is 31.4 Å². The van der Waals surface area contributed by atoms with Crippen molar-refractivity contribution in [2.45, 2.75) is 39.2 Å². The highest BCUT2D eigenvalue weighted by molar-refractivity contribution is 5.73. The lowest BCUT2D eigenvalue weighted by atomic mass is 10.2. The van der Waals surface area contributed by atoms with Gasteiger partial charge in [-0.25, -0.2) is 4.79 Å². The molecule has 0 radical (unpaired) electrons. The highest BCUT2D eigenvalue weighted by Crippen LogP contribution is 2.02. The molecule has 0 bridgehead atoms. The summed E-state index contributed by atoms with van der Waals surface area (Å²) < 4.78 is 0. The van der Waals surface area contributed by atoms with Crippen LogP contribution in [0.4, 0.5) is 4.79 Å². The molecule has 1 heterocycles. The maximum atomic E-state index is 11.5. The second kappa shape index (κ2) is 8.90. The third-order valence-electron chi connectivity index (χ3n) is 2.89. The molecule has 0 atom stereocenters. The normalized spacial score (nSPS) is 10.1. The Kier molecular flexibility index (Phi) is 7.10. The number of aromatic nitrogens is 1. The Balaban J connectivity index is 2.09. The second-order valence-electron chi connectivity index (χ2n) is 4.58. The molecule has 0 aromatic carbocycles. The van der Waals surface area contributed by atoms with Crippen LogP contribution in [0, 0.1) is 6.92 Å². The van der Waals surface area contributed by atoms with Gasteiger partial charge in [0.05, 0.1) is 12.2 Å². The standard InChI is InChI=1S/C14H21N3O3/c1-11-6-5-9-15-12(11)10-17-14(20)16-8-4-2-3-7-13(18)19/h5-6,9H,2-4,7-8,10H2,1H3,(H,18,19)(H2,16,17,20). The van der Waals surface area contributed by atoms with Crippen molar-refractivity contribution in [1.29, 1.82) is 0 Å². The summed E-state index contributed by atoms with van der Waals surface area (Å²) >= 11 is 0. The van der Waals surface area contributed by atoms with Crippen molar-refractivity contribution in [1.82, 2.24) is 15.6 Å². The molecule has 0 unspecified atom stereocenters. The number of unbranched alkanes of at least 4 members (excludes halogenated alkanes) is 2. The number of carboxylic acid groups (broad SMARTS) is 1. The molecule has 0 fully saturated rings. The number of carbonyl (C=O) groups is 2. The average molecular weight is 279 g/mol. The van der Waals surface area contributed by atoms with Gasteiger partial charge < -0.3 is 15.7 Å². The summed E-state index contributed by atoms with van der Waals surface area (Å²) in [4.78, 5) is 26.0. The summed E-state index contributed by atoms with van der Waals surface area (Å²) in [6.07, 6.45) is 4.11. The summed E-state index contributed by atoms with van der Waals surface area (Å²) in [7, 11) is 0. The van der Waals surface area contributed by atoms with E-state index < -0.39 is 5.97 Å². The van der Waals surface area contributed by atoms with Crippen LogP contribution in [0.5, 0.6) is 0 Å². The molecular weight excluding hydrogens is 258 g/mol. The maximum Gasteiger partial charge on any atom is 0.315 e. The van der Waals surface area contributed by atoms with Crippen LogP contribution in [0.15, 0.2) is 18.3 Å². The molecule has 1 aromatic rings. The lowest BCUT2D eigenvalue weighted by Crippen LogP contribution is -2.35. The fraction of sp³-hybridized carbons (Fsp3) is 0.500. The molecule has 0 aliphatic heterocycles. The van der Waals surface area contributed by atoms with Crippen LogP contribution in [0.2, 0.25) is 0 Å².